The molecule has 1 fully saturated rings. The van der Waals surface area contributed by atoms with E-state index in [9.17, 15) is 0 Å². The highest BCUT2D eigenvalue weighted by atomic mass is 16.5. The molecule has 0 aromatic heterocycles. The predicted molar refractivity (Wildman–Crippen MR) is 84.3 cm³/mol. The largest absolute Gasteiger partial charge is 0.491 e. The van der Waals surface area contributed by atoms with Crippen LogP contribution in [-0.2, 0) is 0 Å². The van der Waals surface area contributed by atoms with E-state index in [2.05, 4.69) is 62.3 Å². The van der Waals surface area contributed by atoms with E-state index in [-0.39, 0.29) is 6.10 Å². The molecule has 3 nitrogen and oxygen atoms in total. The zero-order chi connectivity index (χ0) is 14.5. The fourth-order valence-corrected chi connectivity index (χ4v) is 2.83. The van der Waals surface area contributed by atoms with Gasteiger partial charge in [-0.05, 0) is 64.9 Å². The maximum atomic E-state index is 5.70. The van der Waals surface area contributed by atoms with Crippen LogP contribution in [0.2, 0.25) is 0 Å². The van der Waals surface area contributed by atoms with Crippen molar-refractivity contribution in [3.05, 3.63) is 29.8 Å². The average molecular weight is 276 g/mol. The summed E-state index contributed by atoms with van der Waals surface area (Å²) in [5.41, 5.74) is 1.36. The third-order valence-electron chi connectivity index (χ3n) is 4.19. The molecular weight excluding hydrogens is 248 g/mol. The summed E-state index contributed by atoms with van der Waals surface area (Å²) in [6, 6.07) is 9.63. The van der Waals surface area contributed by atoms with Crippen LogP contribution in [0.5, 0.6) is 5.75 Å². The summed E-state index contributed by atoms with van der Waals surface area (Å²) in [6.45, 7) is 8.67. The molecule has 2 atom stereocenters. The smallest absolute Gasteiger partial charge is 0.119 e. The van der Waals surface area contributed by atoms with E-state index in [0.29, 0.717) is 12.1 Å². The van der Waals surface area contributed by atoms with Crippen molar-refractivity contribution in [3.8, 4) is 5.75 Å². The lowest BCUT2D eigenvalue weighted by atomic mass is 10.0. The van der Waals surface area contributed by atoms with E-state index in [1.807, 2.05) is 0 Å². The molecule has 1 aliphatic heterocycles. The number of benzene rings is 1. The quantitative estimate of drug-likeness (QED) is 0.893. The molecule has 0 saturated carbocycles. The monoisotopic (exact) mass is 276 g/mol. The van der Waals surface area contributed by atoms with Crippen LogP contribution in [-0.4, -0.2) is 37.2 Å². The van der Waals surface area contributed by atoms with Crippen LogP contribution in [0.15, 0.2) is 24.3 Å². The Hall–Kier alpha value is -1.06. The molecule has 0 bridgehead atoms. The molecule has 2 rings (SSSR count). The van der Waals surface area contributed by atoms with Crippen molar-refractivity contribution in [1.82, 2.24) is 10.2 Å². The highest BCUT2D eigenvalue weighted by Crippen LogP contribution is 2.25. The number of nitrogens with one attached hydrogen (secondary N) is 1. The van der Waals surface area contributed by atoms with Crippen LogP contribution in [0.1, 0.15) is 45.2 Å². The number of hydrogen-bond acceptors (Lipinski definition) is 3. The number of nitrogens with zero attached hydrogens (tertiary/aromatic N) is 1. The van der Waals surface area contributed by atoms with Gasteiger partial charge in [-0.1, -0.05) is 12.1 Å². The highest BCUT2D eigenvalue weighted by Gasteiger charge is 2.22. The maximum absolute atomic E-state index is 5.70. The van der Waals surface area contributed by atoms with E-state index in [1.165, 1.54) is 24.9 Å². The molecule has 1 aliphatic rings. The predicted octanol–water partition coefficient (Wildman–Crippen LogP) is 3.22. The Morgan fingerprint density at radius 2 is 1.90 bits per heavy atom. The van der Waals surface area contributed by atoms with Gasteiger partial charge in [-0.15, -0.1) is 0 Å². The Bertz CT molecular complexity index is 396. The third kappa shape index (κ3) is 3.97. The van der Waals surface area contributed by atoms with Crippen molar-refractivity contribution in [1.29, 1.82) is 0 Å². The van der Waals surface area contributed by atoms with Gasteiger partial charge in [-0.2, -0.15) is 0 Å². The molecule has 2 unspecified atom stereocenters. The molecule has 1 aromatic rings. The fourth-order valence-electron chi connectivity index (χ4n) is 2.83. The van der Waals surface area contributed by atoms with Crippen LogP contribution in [0, 0.1) is 0 Å². The summed E-state index contributed by atoms with van der Waals surface area (Å²) in [4.78, 5) is 2.49. The molecule has 0 radical (unpaired) electrons. The molecule has 1 saturated heterocycles. The lowest BCUT2D eigenvalue weighted by molar-refractivity contribution is 0.156. The lowest BCUT2D eigenvalue weighted by Crippen LogP contribution is -2.45. The van der Waals surface area contributed by atoms with Gasteiger partial charge in [0.15, 0.2) is 0 Å². The maximum Gasteiger partial charge on any atom is 0.119 e. The highest BCUT2D eigenvalue weighted by molar-refractivity contribution is 5.29. The Labute approximate surface area is 123 Å². The number of hydrogen-bond donors (Lipinski definition) is 1. The number of ether oxygens (including phenoxy) is 1. The van der Waals surface area contributed by atoms with Gasteiger partial charge in [-0.25, -0.2) is 0 Å². The van der Waals surface area contributed by atoms with Crippen LogP contribution in [0.3, 0.4) is 0 Å². The standard InChI is InChI=1S/C17H28N2O/c1-13(2)20-17-9-7-15(8-10-17)14(3)19(4)16-6-5-11-18-12-16/h7-10,13-14,16,18H,5-6,11-12H2,1-4H3. The van der Waals surface area contributed by atoms with Crippen LogP contribution < -0.4 is 10.1 Å². The molecular formula is C17H28N2O. The van der Waals surface area contributed by atoms with Gasteiger partial charge >= 0.3 is 0 Å². The van der Waals surface area contributed by atoms with E-state index >= 15 is 0 Å². The summed E-state index contributed by atoms with van der Waals surface area (Å²) in [5.74, 6) is 0.956. The third-order valence-corrected chi connectivity index (χ3v) is 4.19. The van der Waals surface area contributed by atoms with Gasteiger partial charge in [0, 0.05) is 18.6 Å². The number of rotatable bonds is 5. The molecule has 3 heteroatoms. The molecule has 1 aromatic carbocycles. The summed E-state index contributed by atoms with van der Waals surface area (Å²) >= 11 is 0. The van der Waals surface area contributed by atoms with Crippen molar-refractivity contribution in [2.24, 2.45) is 0 Å². The van der Waals surface area contributed by atoms with Crippen LogP contribution in [0.25, 0.3) is 0 Å². The Morgan fingerprint density at radius 3 is 2.45 bits per heavy atom. The molecule has 0 aliphatic carbocycles. The van der Waals surface area contributed by atoms with Crippen molar-refractivity contribution in [3.63, 3.8) is 0 Å². The molecule has 112 valence electrons. The van der Waals surface area contributed by atoms with E-state index in [0.717, 1.165) is 12.3 Å². The minimum atomic E-state index is 0.231. The molecule has 1 N–H and O–H groups in total. The zero-order valence-electron chi connectivity index (χ0n) is 13.2. The second-order valence-corrected chi connectivity index (χ2v) is 6.08. The van der Waals surface area contributed by atoms with Gasteiger partial charge in [0.05, 0.1) is 6.10 Å². The Balaban J connectivity index is 1.98. The van der Waals surface area contributed by atoms with Gasteiger partial charge in [0.25, 0.3) is 0 Å². The van der Waals surface area contributed by atoms with Gasteiger partial charge in [0.1, 0.15) is 5.75 Å². The normalized spacial score (nSPS) is 21.2. The molecule has 20 heavy (non-hydrogen) atoms. The summed E-state index contributed by atoms with van der Waals surface area (Å²) in [6.07, 6.45) is 2.81. The SMILES string of the molecule is CC(C)Oc1ccc(C(C)N(C)C2CCCNC2)cc1. The van der Waals surface area contributed by atoms with Crippen LogP contribution >= 0.6 is 0 Å². The van der Waals surface area contributed by atoms with Crippen molar-refractivity contribution in [2.45, 2.75) is 51.8 Å². The van der Waals surface area contributed by atoms with Crippen molar-refractivity contribution < 1.29 is 4.74 Å². The minimum Gasteiger partial charge on any atom is -0.491 e. The van der Waals surface area contributed by atoms with Gasteiger partial charge in [0.2, 0.25) is 0 Å². The summed E-state index contributed by atoms with van der Waals surface area (Å²) < 4.78 is 5.70. The van der Waals surface area contributed by atoms with Crippen molar-refractivity contribution in [2.75, 3.05) is 20.1 Å². The second kappa shape index (κ2) is 7.09. The van der Waals surface area contributed by atoms with E-state index in [4.69, 9.17) is 4.74 Å². The molecule has 0 spiro atoms. The Morgan fingerprint density at radius 1 is 1.20 bits per heavy atom. The van der Waals surface area contributed by atoms with Crippen molar-refractivity contribution >= 4 is 0 Å². The first-order chi connectivity index (χ1) is 9.58. The minimum absolute atomic E-state index is 0.231. The van der Waals surface area contributed by atoms with Gasteiger partial charge in [-0.3, -0.25) is 4.90 Å². The van der Waals surface area contributed by atoms with Gasteiger partial charge < -0.3 is 10.1 Å². The average Bonchev–Trinajstić information content (AvgIpc) is 2.47. The number of likely N-dealkylation sites (N-methyl/N-ethyl adjacent to an activating group) is 1. The first-order valence-electron chi connectivity index (χ1n) is 7.77. The summed E-state index contributed by atoms with van der Waals surface area (Å²) in [5, 5.41) is 3.49. The van der Waals surface area contributed by atoms with E-state index in [1.54, 1.807) is 0 Å². The first-order valence-corrected chi connectivity index (χ1v) is 7.77. The zero-order valence-corrected chi connectivity index (χ0v) is 13.2. The molecule has 0 amide bonds. The fraction of sp³-hybridized carbons (Fsp3) is 0.647. The topological polar surface area (TPSA) is 24.5 Å². The second-order valence-electron chi connectivity index (χ2n) is 6.08. The summed E-state index contributed by atoms with van der Waals surface area (Å²) in [7, 11) is 2.24. The van der Waals surface area contributed by atoms with E-state index < -0.39 is 0 Å². The number of piperidine rings is 1. The lowest BCUT2D eigenvalue weighted by Gasteiger charge is -2.36. The first kappa shape index (κ1) is 15.3. The van der Waals surface area contributed by atoms with Crippen LogP contribution in [0.4, 0.5) is 0 Å². The Kier molecular flexibility index (Phi) is 5.44. The molecule has 1 heterocycles.